The van der Waals surface area contributed by atoms with Crippen LogP contribution in [0.25, 0.3) is 11.4 Å². The summed E-state index contributed by atoms with van der Waals surface area (Å²) in [6, 6.07) is 9.85. The second kappa shape index (κ2) is 8.78. The van der Waals surface area contributed by atoms with Gasteiger partial charge in [0.2, 0.25) is 17.6 Å². The molecule has 1 unspecified atom stereocenters. The van der Waals surface area contributed by atoms with Gasteiger partial charge in [0, 0.05) is 22.9 Å². The standard InChI is InChI=1S/C22H24N4O2S/c1-14(2)20(22-25-21(26-28-22)16-8-10-23-11-9-16)24-19(27)13-29-18-7-6-15-4-3-5-17(15)12-18/h6-12,14,20H,3-5,13H2,1-2H3,(H,24,27). The molecule has 3 aromatic rings. The van der Waals surface area contributed by atoms with Gasteiger partial charge in [-0.1, -0.05) is 25.1 Å². The maximum absolute atomic E-state index is 12.6. The van der Waals surface area contributed by atoms with Crippen LogP contribution in [0.15, 0.2) is 52.1 Å². The van der Waals surface area contributed by atoms with Gasteiger partial charge in [-0.15, -0.1) is 11.8 Å². The predicted molar refractivity (Wildman–Crippen MR) is 112 cm³/mol. The van der Waals surface area contributed by atoms with Crippen molar-refractivity contribution < 1.29 is 9.32 Å². The fourth-order valence-corrected chi connectivity index (χ4v) is 4.27. The highest BCUT2D eigenvalue weighted by Gasteiger charge is 2.25. The molecule has 0 bridgehead atoms. The molecule has 2 aromatic heterocycles. The molecular formula is C22H24N4O2S. The van der Waals surface area contributed by atoms with E-state index >= 15 is 0 Å². The molecule has 0 fully saturated rings. The highest BCUT2D eigenvalue weighted by molar-refractivity contribution is 8.00. The number of fused-ring (bicyclic) bond motifs is 1. The molecule has 1 atom stereocenters. The van der Waals surface area contributed by atoms with Crippen molar-refractivity contribution in [3.63, 3.8) is 0 Å². The van der Waals surface area contributed by atoms with E-state index in [9.17, 15) is 4.79 Å². The minimum atomic E-state index is -0.328. The summed E-state index contributed by atoms with van der Waals surface area (Å²) >= 11 is 1.56. The Kier molecular flexibility index (Phi) is 5.94. The lowest BCUT2D eigenvalue weighted by atomic mass is 10.0. The summed E-state index contributed by atoms with van der Waals surface area (Å²) in [5, 5.41) is 7.11. The fourth-order valence-electron chi connectivity index (χ4n) is 3.50. The molecule has 1 aliphatic carbocycles. The van der Waals surface area contributed by atoms with Crippen molar-refractivity contribution in [1.29, 1.82) is 0 Å². The normalized spacial score (nSPS) is 14.0. The van der Waals surface area contributed by atoms with E-state index in [2.05, 4.69) is 38.6 Å². The van der Waals surface area contributed by atoms with E-state index in [1.165, 1.54) is 24.0 Å². The van der Waals surface area contributed by atoms with Crippen LogP contribution in [0.1, 0.15) is 43.3 Å². The van der Waals surface area contributed by atoms with Gasteiger partial charge in [-0.2, -0.15) is 4.98 Å². The van der Waals surface area contributed by atoms with Crippen LogP contribution >= 0.6 is 11.8 Å². The fraction of sp³-hybridized carbons (Fsp3) is 0.364. The van der Waals surface area contributed by atoms with Crippen molar-refractivity contribution in [3.8, 4) is 11.4 Å². The van der Waals surface area contributed by atoms with E-state index in [-0.39, 0.29) is 17.9 Å². The van der Waals surface area contributed by atoms with E-state index in [1.807, 2.05) is 26.0 Å². The number of nitrogens with zero attached hydrogens (tertiary/aromatic N) is 3. The minimum absolute atomic E-state index is 0.0436. The largest absolute Gasteiger partial charge is 0.343 e. The van der Waals surface area contributed by atoms with E-state index in [0.717, 1.165) is 16.9 Å². The molecular weight excluding hydrogens is 384 g/mol. The van der Waals surface area contributed by atoms with Crippen LogP contribution in [-0.4, -0.2) is 26.8 Å². The number of carbonyl (C=O) groups excluding carboxylic acids is 1. The zero-order valence-corrected chi connectivity index (χ0v) is 17.4. The first-order valence-corrected chi connectivity index (χ1v) is 10.9. The summed E-state index contributed by atoms with van der Waals surface area (Å²) in [5.74, 6) is 1.35. The zero-order valence-electron chi connectivity index (χ0n) is 16.6. The van der Waals surface area contributed by atoms with Crippen LogP contribution in [0, 0.1) is 5.92 Å². The molecule has 2 heterocycles. The number of rotatable bonds is 7. The third-order valence-corrected chi connectivity index (χ3v) is 6.06. The van der Waals surface area contributed by atoms with Gasteiger partial charge in [0.1, 0.15) is 6.04 Å². The monoisotopic (exact) mass is 408 g/mol. The van der Waals surface area contributed by atoms with E-state index in [0.29, 0.717) is 17.5 Å². The number of thioether (sulfide) groups is 1. The molecule has 6 nitrogen and oxygen atoms in total. The van der Waals surface area contributed by atoms with Crippen LogP contribution in [0.3, 0.4) is 0 Å². The van der Waals surface area contributed by atoms with Gasteiger partial charge in [0.15, 0.2) is 0 Å². The van der Waals surface area contributed by atoms with Crippen molar-refractivity contribution in [1.82, 2.24) is 20.4 Å². The summed E-state index contributed by atoms with van der Waals surface area (Å²) < 4.78 is 5.45. The number of hydrogen-bond donors (Lipinski definition) is 1. The SMILES string of the molecule is CC(C)C(NC(=O)CSc1ccc2c(c1)CCC2)c1nc(-c2ccncc2)no1. The quantitative estimate of drug-likeness (QED) is 0.590. The van der Waals surface area contributed by atoms with Gasteiger partial charge in [-0.3, -0.25) is 9.78 Å². The summed E-state index contributed by atoms with van der Waals surface area (Å²) in [6.45, 7) is 4.05. The van der Waals surface area contributed by atoms with Crippen LogP contribution in [0.2, 0.25) is 0 Å². The number of hydrogen-bond acceptors (Lipinski definition) is 6. The van der Waals surface area contributed by atoms with Crippen molar-refractivity contribution in [2.45, 2.75) is 44.0 Å². The highest BCUT2D eigenvalue weighted by atomic mass is 32.2. The summed E-state index contributed by atoms with van der Waals surface area (Å²) in [4.78, 5) is 22.2. The van der Waals surface area contributed by atoms with Gasteiger partial charge in [0.05, 0.1) is 5.75 Å². The Morgan fingerprint density at radius 2 is 1.97 bits per heavy atom. The molecule has 4 rings (SSSR count). The van der Waals surface area contributed by atoms with Gasteiger partial charge in [-0.05, 0) is 60.6 Å². The lowest BCUT2D eigenvalue weighted by molar-refractivity contribution is -0.119. The molecule has 1 aromatic carbocycles. The second-order valence-electron chi connectivity index (χ2n) is 7.55. The lowest BCUT2D eigenvalue weighted by Crippen LogP contribution is -2.33. The predicted octanol–water partition coefficient (Wildman–Crippen LogP) is 4.23. The topological polar surface area (TPSA) is 80.9 Å². The van der Waals surface area contributed by atoms with E-state index in [1.54, 1.807) is 24.2 Å². The first-order chi connectivity index (χ1) is 14.1. The average molecular weight is 409 g/mol. The van der Waals surface area contributed by atoms with Crippen LogP contribution < -0.4 is 5.32 Å². The second-order valence-corrected chi connectivity index (χ2v) is 8.60. The Morgan fingerprint density at radius 1 is 1.17 bits per heavy atom. The molecule has 0 radical (unpaired) electrons. The number of aryl methyl sites for hydroxylation is 2. The van der Waals surface area contributed by atoms with E-state index < -0.39 is 0 Å². The maximum atomic E-state index is 12.6. The zero-order chi connectivity index (χ0) is 20.2. The Morgan fingerprint density at radius 3 is 2.76 bits per heavy atom. The molecule has 0 saturated carbocycles. The lowest BCUT2D eigenvalue weighted by Gasteiger charge is -2.18. The third kappa shape index (κ3) is 4.67. The molecule has 0 aliphatic heterocycles. The van der Waals surface area contributed by atoms with Crippen molar-refractivity contribution in [2.24, 2.45) is 5.92 Å². The smallest absolute Gasteiger partial charge is 0.249 e. The number of pyridine rings is 1. The molecule has 1 amide bonds. The minimum Gasteiger partial charge on any atom is -0.343 e. The summed E-state index contributed by atoms with van der Waals surface area (Å²) in [6.07, 6.45) is 6.91. The Balaban J connectivity index is 1.39. The van der Waals surface area contributed by atoms with Gasteiger partial charge < -0.3 is 9.84 Å². The number of aromatic nitrogens is 3. The van der Waals surface area contributed by atoms with Crippen LogP contribution in [0.4, 0.5) is 0 Å². The van der Waals surface area contributed by atoms with Crippen molar-refractivity contribution in [3.05, 3.63) is 59.7 Å². The van der Waals surface area contributed by atoms with Crippen LogP contribution in [-0.2, 0) is 17.6 Å². The average Bonchev–Trinajstić information content (AvgIpc) is 3.40. The van der Waals surface area contributed by atoms with Gasteiger partial charge in [0.25, 0.3) is 0 Å². The third-order valence-electron chi connectivity index (χ3n) is 5.07. The first kappa shape index (κ1) is 19.6. The van der Waals surface area contributed by atoms with Crippen molar-refractivity contribution in [2.75, 3.05) is 5.75 Å². The molecule has 7 heteroatoms. The molecule has 0 saturated heterocycles. The number of nitrogens with one attached hydrogen (secondary N) is 1. The first-order valence-electron chi connectivity index (χ1n) is 9.88. The summed E-state index contributed by atoms with van der Waals surface area (Å²) in [5.41, 5.74) is 3.70. The van der Waals surface area contributed by atoms with Crippen molar-refractivity contribution >= 4 is 17.7 Å². The highest BCUT2D eigenvalue weighted by Crippen LogP contribution is 2.28. The maximum Gasteiger partial charge on any atom is 0.249 e. The molecule has 150 valence electrons. The van der Waals surface area contributed by atoms with Crippen LogP contribution in [0.5, 0.6) is 0 Å². The summed E-state index contributed by atoms with van der Waals surface area (Å²) in [7, 11) is 0. The Bertz CT molecular complexity index is 987. The van der Waals surface area contributed by atoms with Gasteiger partial charge >= 0.3 is 0 Å². The Labute approximate surface area is 174 Å². The number of amides is 1. The van der Waals surface area contributed by atoms with E-state index in [4.69, 9.17) is 4.52 Å². The molecule has 0 spiro atoms. The molecule has 1 aliphatic rings. The number of carbonyl (C=O) groups is 1. The molecule has 1 N–H and O–H groups in total. The Hall–Kier alpha value is -2.67. The molecule has 29 heavy (non-hydrogen) atoms. The number of benzene rings is 1. The van der Waals surface area contributed by atoms with Gasteiger partial charge in [-0.25, -0.2) is 0 Å².